The summed E-state index contributed by atoms with van der Waals surface area (Å²) in [4.78, 5) is 16.1. The second-order valence-corrected chi connectivity index (χ2v) is 9.63. The summed E-state index contributed by atoms with van der Waals surface area (Å²) in [5, 5.41) is 9.17. The summed E-state index contributed by atoms with van der Waals surface area (Å²) in [5.41, 5.74) is 6.86. The molecule has 2 heterocycles. The van der Waals surface area contributed by atoms with Gasteiger partial charge in [0, 0.05) is 24.7 Å². The first kappa shape index (κ1) is 20.2. The number of nitrogens with one attached hydrogen (secondary N) is 2. The van der Waals surface area contributed by atoms with Crippen molar-refractivity contribution in [1.82, 2.24) is 15.5 Å². The second-order valence-electron chi connectivity index (χ2n) is 7.06. The van der Waals surface area contributed by atoms with E-state index in [1.54, 1.807) is 39.0 Å². The van der Waals surface area contributed by atoms with Crippen molar-refractivity contribution in [2.45, 2.75) is 37.4 Å². The minimum absolute atomic E-state index is 0.111. The standard InChI is InChI=1S/C17H23N5O5S/c1-10-20-14(22-27-10)15(23)21-12-4-5-13-11(8-12)9-28(24,25)17(2,3)16(18)19-6-7-26-13/h4-5,8,16,19H,6-7,9,18H2,1-3H3,(H,21,23). The van der Waals surface area contributed by atoms with E-state index < -0.39 is 26.7 Å². The fourth-order valence-corrected chi connectivity index (χ4v) is 4.17. The van der Waals surface area contributed by atoms with Crippen LogP contribution in [0.1, 0.15) is 35.9 Å². The molecule has 10 nitrogen and oxygen atoms in total. The molecule has 1 amide bonds. The lowest BCUT2D eigenvalue weighted by Gasteiger charge is -2.33. The number of ether oxygens (including phenoxy) is 1. The van der Waals surface area contributed by atoms with E-state index in [4.69, 9.17) is 15.0 Å². The minimum Gasteiger partial charge on any atom is -0.492 e. The van der Waals surface area contributed by atoms with Gasteiger partial charge in [-0.05, 0) is 32.0 Å². The van der Waals surface area contributed by atoms with Crippen molar-refractivity contribution in [3.05, 3.63) is 35.5 Å². The van der Waals surface area contributed by atoms with E-state index in [0.29, 0.717) is 30.2 Å². The van der Waals surface area contributed by atoms with Gasteiger partial charge in [0.2, 0.25) is 5.89 Å². The highest BCUT2D eigenvalue weighted by molar-refractivity contribution is 7.92. The Balaban J connectivity index is 1.91. The molecule has 1 aliphatic heterocycles. The molecule has 2 aromatic rings. The topological polar surface area (TPSA) is 149 Å². The van der Waals surface area contributed by atoms with Crippen molar-refractivity contribution >= 4 is 21.4 Å². The maximum atomic E-state index is 13.0. The third kappa shape index (κ3) is 4.01. The molecule has 3 rings (SSSR count). The van der Waals surface area contributed by atoms with Crippen LogP contribution in [-0.4, -0.2) is 48.5 Å². The van der Waals surface area contributed by atoms with E-state index in [0.717, 1.165) is 0 Å². The number of anilines is 1. The molecular weight excluding hydrogens is 386 g/mol. The average Bonchev–Trinajstić information content (AvgIpc) is 3.05. The largest absolute Gasteiger partial charge is 0.492 e. The molecule has 28 heavy (non-hydrogen) atoms. The Bertz CT molecular complexity index is 986. The number of carbonyl (C=O) groups excluding carboxylic acids is 1. The number of aromatic nitrogens is 2. The van der Waals surface area contributed by atoms with Crippen LogP contribution in [0.5, 0.6) is 5.75 Å². The Morgan fingerprint density at radius 3 is 2.82 bits per heavy atom. The Hall–Kier alpha value is -2.50. The van der Waals surface area contributed by atoms with E-state index in [9.17, 15) is 13.2 Å². The number of hydrogen-bond donors (Lipinski definition) is 3. The first-order valence-corrected chi connectivity index (χ1v) is 10.3. The van der Waals surface area contributed by atoms with Crippen LogP contribution in [0.25, 0.3) is 0 Å². The van der Waals surface area contributed by atoms with Gasteiger partial charge in [0.05, 0.1) is 16.7 Å². The Morgan fingerprint density at radius 1 is 1.39 bits per heavy atom. The molecule has 1 aromatic heterocycles. The predicted octanol–water partition coefficient (Wildman–Crippen LogP) is 0.591. The third-order valence-electron chi connectivity index (χ3n) is 4.67. The number of benzene rings is 1. The van der Waals surface area contributed by atoms with Crippen LogP contribution < -0.4 is 21.1 Å². The summed E-state index contributed by atoms with van der Waals surface area (Å²) in [6.45, 7) is 5.47. The monoisotopic (exact) mass is 409 g/mol. The lowest BCUT2D eigenvalue weighted by molar-refractivity contribution is 0.101. The SMILES string of the molecule is Cc1nc(C(=O)Nc2ccc3c(c2)CS(=O)(=O)C(C)(C)C(N)NCCO3)no1. The van der Waals surface area contributed by atoms with Gasteiger partial charge < -0.3 is 20.3 Å². The zero-order valence-electron chi connectivity index (χ0n) is 15.9. The Labute approximate surface area is 162 Å². The summed E-state index contributed by atoms with van der Waals surface area (Å²) in [7, 11) is -3.64. The molecule has 0 spiro atoms. The molecule has 0 radical (unpaired) electrons. The van der Waals surface area contributed by atoms with Crippen molar-refractivity contribution in [2.24, 2.45) is 5.73 Å². The molecule has 11 heteroatoms. The molecular formula is C17H23N5O5S. The molecule has 152 valence electrons. The molecule has 1 atom stereocenters. The number of rotatable bonds is 2. The molecule has 1 aromatic carbocycles. The zero-order valence-corrected chi connectivity index (χ0v) is 16.7. The average molecular weight is 409 g/mol. The number of nitrogens with zero attached hydrogens (tertiary/aromatic N) is 2. The highest BCUT2D eigenvalue weighted by Gasteiger charge is 2.40. The predicted molar refractivity (Wildman–Crippen MR) is 102 cm³/mol. The van der Waals surface area contributed by atoms with Crippen molar-refractivity contribution < 1.29 is 22.5 Å². The maximum absolute atomic E-state index is 13.0. The van der Waals surface area contributed by atoms with Crippen molar-refractivity contribution in [3.8, 4) is 5.75 Å². The van der Waals surface area contributed by atoms with Crippen molar-refractivity contribution in [1.29, 1.82) is 0 Å². The van der Waals surface area contributed by atoms with Gasteiger partial charge in [-0.25, -0.2) is 8.42 Å². The van der Waals surface area contributed by atoms with E-state index in [1.165, 1.54) is 0 Å². The summed E-state index contributed by atoms with van der Waals surface area (Å²) in [5.74, 6) is -0.255. The van der Waals surface area contributed by atoms with E-state index in [2.05, 4.69) is 20.8 Å². The van der Waals surface area contributed by atoms with E-state index in [1.807, 2.05) is 0 Å². The van der Waals surface area contributed by atoms with Gasteiger partial charge >= 0.3 is 0 Å². The number of hydrogen-bond acceptors (Lipinski definition) is 9. The van der Waals surface area contributed by atoms with Crippen LogP contribution in [0.2, 0.25) is 0 Å². The normalized spacial score (nSPS) is 21.2. The number of fused-ring (bicyclic) bond motifs is 1. The van der Waals surface area contributed by atoms with E-state index >= 15 is 0 Å². The first-order valence-electron chi connectivity index (χ1n) is 8.69. The van der Waals surface area contributed by atoms with Crippen LogP contribution in [-0.2, 0) is 15.6 Å². The fourth-order valence-electron chi connectivity index (χ4n) is 2.69. The molecule has 0 saturated heterocycles. The number of nitrogens with two attached hydrogens (primary N) is 1. The molecule has 0 fully saturated rings. The first-order chi connectivity index (χ1) is 13.1. The molecule has 0 bridgehead atoms. The van der Waals surface area contributed by atoms with Crippen molar-refractivity contribution in [3.63, 3.8) is 0 Å². The van der Waals surface area contributed by atoms with Gasteiger partial charge in [-0.3, -0.25) is 10.1 Å². The van der Waals surface area contributed by atoms with Gasteiger partial charge in [-0.1, -0.05) is 5.16 Å². The number of sulfone groups is 1. The molecule has 0 saturated carbocycles. The lowest BCUT2D eigenvalue weighted by atomic mass is 10.1. The highest BCUT2D eigenvalue weighted by atomic mass is 32.2. The van der Waals surface area contributed by atoms with Crippen LogP contribution in [0.3, 0.4) is 0 Å². The quantitative estimate of drug-likeness (QED) is 0.647. The summed E-state index contributed by atoms with van der Waals surface area (Å²) >= 11 is 0. The third-order valence-corrected chi connectivity index (χ3v) is 7.22. The molecule has 1 unspecified atom stereocenters. The van der Waals surface area contributed by atoms with Crippen LogP contribution in [0.15, 0.2) is 22.7 Å². The smallest absolute Gasteiger partial charge is 0.297 e. The molecule has 1 aliphatic rings. The minimum atomic E-state index is -3.64. The highest BCUT2D eigenvalue weighted by Crippen LogP contribution is 2.30. The summed E-state index contributed by atoms with van der Waals surface area (Å²) < 4.78 is 35.2. The molecule has 0 aliphatic carbocycles. The van der Waals surface area contributed by atoms with Gasteiger partial charge in [-0.15, -0.1) is 0 Å². The van der Waals surface area contributed by atoms with E-state index in [-0.39, 0.29) is 17.5 Å². The lowest BCUT2D eigenvalue weighted by Crippen LogP contribution is -2.58. The number of aryl methyl sites for hydroxylation is 1. The van der Waals surface area contributed by atoms with Crippen molar-refractivity contribution in [2.75, 3.05) is 18.5 Å². The summed E-state index contributed by atoms with van der Waals surface area (Å²) in [6, 6.07) is 4.80. The van der Waals surface area contributed by atoms with Crippen LogP contribution in [0, 0.1) is 6.92 Å². The van der Waals surface area contributed by atoms with Gasteiger partial charge in [0.15, 0.2) is 9.84 Å². The van der Waals surface area contributed by atoms with Gasteiger partial charge in [0.25, 0.3) is 11.7 Å². The fraction of sp³-hybridized carbons (Fsp3) is 0.471. The van der Waals surface area contributed by atoms with Gasteiger partial charge in [-0.2, -0.15) is 4.98 Å². The number of amides is 1. The Morgan fingerprint density at radius 2 is 2.14 bits per heavy atom. The van der Waals surface area contributed by atoms with Crippen LogP contribution >= 0.6 is 0 Å². The Kier molecular flexibility index (Phi) is 5.41. The van der Waals surface area contributed by atoms with Crippen LogP contribution in [0.4, 0.5) is 5.69 Å². The van der Waals surface area contributed by atoms with Gasteiger partial charge in [0.1, 0.15) is 12.4 Å². The zero-order chi connectivity index (χ0) is 20.5. The maximum Gasteiger partial charge on any atom is 0.297 e. The second kappa shape index (κ2) is 7.49. The molecule has 4 N–H and O–H groups in total. The number of carbonyl (C=O) groups is 1. The summed E-state index contributed by atoms with van der Waals surface area (Å²) in [6.07, 6.45) is -0.744.